The van der Waals surface area contributed by atoms with Gasteiger partial charge in [-0.05, 0) is 37.8 Å². The molecule has 0 radical (unpaired) electrons. The van der Waals surface area contributed by atoms with E-state index in [1.165, 1.54) is 32.4 Å². The van der Waals surface area contributed by atoms with Gasteiger partial charge in [0.2, 0.25) is 0 Å². The van der Waals surface area contributed by atoms with Crippen molar-refractivity contribution in [1.82, 2.24) is 10.2 Å². The predicted octanol–water partition coefficient (Wildman–Crippen LogP) is 1.88. The van der Waals surface area contributed by atoms with Crippen molar-refractivity contribution in [2.24, 2.45) is 5.41 Å². The van der Waals surface area contributed by atoms with Gasteiger partial charge in [-0.1, -0.05) is 20.8 Å². The van der Waals surface area contributed by atoms with Crippen LogP contribution in [-0.4, -0.2) is 49.8 Å². The number of nitrogens with zero attached hydrogens (tertiary/aromatic N) is 1. The summed E-state index contributed by atoms with van der Waals surface area (Å²) in [5.74, 6) is 0. The minimum Gasteiger partial charge on any atom is -0.372 e. The van der Waals surface area contributed by atoms with Crippen molar-refractivity contribution in [2.45, 2.75) is 52.2 Å². The maximum absolute atomic E-state index is 6.09. The molecular formula is C14H28N2O. The summed E-state index contributed by atoms with van der Waals surface area (Å²) in [6, 6.07) is 0. The Morgan fingerprint density at radius 1 is 1.29 bits per heavy atom. The van der Waals surface area contributed by atoms with Gasteiger partial charge >= 0.3 is 0 Å². The Bertz CT molecular complexity index is 242. The highest BCUT2D eigenvalue weighted by Gasteiger charge is 2.32. The van der Waals surface area contributed by atoms with Gasteiger partial charge in [-0.25, -0.2) is 0 Å². The summed E-state index contributed by atoms with van der Waals surface area (Å²) < 4.78 is 6.09. The molecule has 2 atom stereocenters. The van der Waals surface area contributed by atoms with Crippen molar-refractivity contribution < 1.29 is 4.74 Å². The van der Waals surface area contributed by atoms with E-state index >= 15 is 0 Å². The van der Waals surface area contributed by atoms with E-state index in [9.17, 15) is 0 Å². The van der Waals surface area contributed by atoms with Crippen LogP contribution in [0.25, 0.3) is 0 Å². The van der Waals surface area contributed by atoms with E-state index in [1.54, 1.807) is 0 Å². The van der Waals surface area contributed by atoms with Crippen molar-refractivity contribution in [3.63, 3.8) is 0 Å². The molecule has 0 amide bonds. The Labute approximate surface area is 106 Å². The molecule has 0 aliphatic carbocycles. The highest BCUT2D eigenvalue weighted by molar-refractivity contribution is 4.85. The van der Waals surface area contributed by atoms with Gasteiger partial charge in [0.25, 0.3) is 0 Å². The Kier molecular flexibility index (Phi) is 4.45. The molecule has 0 aromatic rings. The van der Waals surface area contributed by atoms with E-state index in [4.69, 9.17) is 4.74 Å². The molecule has 2 unspecified atom stereocenters. The van der Waals surface area contributed by atoms with Gasteiger partial charge < -0.3 is 15.0 Å². The number of likely N-dealkylation sites (tertiary alicyclic amines) is 1. The van der Waals surface area contributed by atoms with Gasteiger partial charge in [-0.3, -0.25) is 0 Å². The third-order valence-electron chi connectivity index (χ3n) is 4.04. The van der Waals surface area contributed by atoms with Crippen molar-refractivity contribution in [1.29, 1.82) is 0 Å². The number of likely N-dealkylation sites (N-methyl/N-ethyl adjacent to an activating group) is 1. The van der Waals surface area contributed by atoms with Gasteiger partial charge in [0.15, 0.2) is 0 Å². The molecule has 0 aromatic heterocycles. The SMILES string of the molecule is CCNCC1CCC(CN2CCC(C)(C)C2)O1. The topological polar surface area (TPSA) is 24.5 Å². The second-order valence-corrected chi connectivity index (χ2v) is 6.41. The summed E-state index contributed by atoms with van der Waals surface area (Å²) in [6.07, 6.45) is 4.74. The lowest BCUT2D eigenvalue weighted by molar-refractivity contribution is 0.0263. The Morgan fingerprint density at radius 2 is 2.06 bits per heavy atom. The third-order valence-corrected chi connectivity index (χ3v) is 4.04. The first-order valence-electron chi connectivity index (χ1n) is 7.17. The molecule has 0 spiro atoms. The van der Waals surface area contributed by atoms with Crippen molar-refractivity contribution in [2.75, 3.05) is 32.7 Å². The summed E-state index contributed by atoms with van der Waals surface area (Å²) in [5, 5.41) is 3.38. The number of ether oxygens (including phenoxy) is 1. The van der Waals surface area contributed by atoms with Gasteiger partial charge in [0.1, 0.15) is 0 Å². The van der Waals surface area contributed by atoms with Crippen LogP contribution < -0.4 is 5.32 Å². The molecule has 0 saturated carbocycles. The maximum Gasteiger partial charge on any atom is 0.0707 e. The van der Waals surface area contributed by atoms with Crippen molar-refractivity contribution >= 4 is 0 Å². The molecular weight excluding hydrogens is 212 g/mol. The zero-order valence-corrected chi connectivity index (χ0v) is 11.7. The third kappa shape index (κ3) is 3.94. The van der Waals surface area contributed by atoms with Crippen molar-refractivity contribution in [3.05, 3.63) is 0 Å². The highest BCUT2D eigenvalue weighted by Crippen LogP contribution is 2.30. The first-order valence-corrected chi connectivity index (χ1v) is 7.17. The van der Waals surface area contributed by atoms with Crippen LogP contribution in [0.1, 0.15) is 40.0 Å². The van der Waals surface area contributed by atoms with Crippen LogP contribution in [0.2, 0.25) is 0 Å². The average molecular weight is 240 g/mol. The predicted molar refractivity (Wildman–Crippen MR) is 71.3 cm³/mol. The molecule has 2 saturated heterocycles. The van der Waals surface area contributed by atoms with Crippen LogP contribution in [-0.2, 0) is 4.74 Å². The first-order chi connectivity index (χ1) is 8.09. The smallest absolute Gasteiger partial charge is 0.0707 e. The van der Waals surface area contributed by atoms with Crippen LogP contribution in [0.3, 0.4) is 0 Å². The lowest BCUT2D eigenvalue weighted by atomic mass is 9.93. The molecule has 1 N–H and O–H groups in total. The van der Waals surface area contributed by atoms with Gasteiger partial charge in [0.05, 0.1) is 12.2 Å². The van der Waals surface area contributed by atoms with E-state index in [0.29, 0.717) is 17.6 Å². The fraction of sp³-hybridized carbons (Fsp3) is 1.00. The molecule has 3 heteroatoms. The Morgan fingerprint density at radius 3 is 2.71 bits per heavy atom. The average Bonchev–Trinajstić information content (AvgIpc) is 2.83. The second-order valence-electron chi connectivity index (χ2n) is 6.41. The minimum absolute atomic E-state index is 0.454. The summed E-state index contributed by atoms with van der Waals surface area (Å²) in [4.78, 5) is 2.58. The standard InChI is InChI=1S/C14H28N2O/c1-4-15-9-12-5-6-13(17-12)10-16-8-7-14(2,3)11-16/h12-13,15H,4-11H2,1-3H3. The number of nitrogens with one attached hydrogen (secondary N) is 1. The second kappa shape index (κ2) is 5.68. The summed E-state index contributed by atoms with van der Waals surface area (Å²) in [6.45, 7) is 12.6. The molecule has 2 heterocycles. The molecule has 17 heavy (non-hydrogen) atoms. The molecule has 100 valence electrons. The number of hydrogen-bond acceptors (Lipinski definition) is 3. The zero-order valence-electron chi connectivity index (χ0n) is 11.7. The van der Waals surface area contributed by atoms with E-state index in [2.05, 4.69) is 31.0 Å². The Balaban J connectivity index is 1.68. The maximum atomic E-state index is 6.09. The van der Waals surface area contributed by atoms with Gasteiger partial charge in [0, 0.05) is 19.6 Å². The van der Waals surface area contributed by atoms with E-state index in [0.717, 1.165) is 19.6 Å². The summed E-state index contributed by atoms with van der Waals surface area (Å²) in [5.41, 5.74) is 0.516. The van der Waals surface area contributed by atoms with Crippen LogP contribution in [0.4, 0.5) is 0 Å². The van der Waals surface area contributed by atoms with Gasteiger partial charge in [-0.15, -0.1) is 0 Å². The molecule has 0 bridgehead atoms. The first kappa shape index (κ1) is 13.3. The molecule has 2 aliphatic rings. The van der Waals surface area contributed by atoms with Crippen molar-refractivity contribution in [3.8, 4) is 0 Å². The lowest BCUT2D eigenvalue weighted by Gasteiger charge is -2.23. The number of hydrogen-bond donors (Lipinski definition) is 1. The Hall–Kier alpha value is -0.120. The summed E-state index contributed by atoms with van der Waals surface area (Å²) in [7, 11) is 0. The lowest BCUT2D eigenvalue weighted by Crippen LogP contribution is -2.33. The van der Waals surface area contributed by atoms with Crippen LogP contribution in [0, 0.1) is 5.41 Å². The number of rotatable bonds is 5. The molecule has 2 fully saturated rings. The van der Waals surface area contributed by atoms with Gasteiger partial charge in [-0.2, -0.15) is 0 Å². The van der Waals surface area contributed by atoms with Crippen LogP contribution in [0.5, 0.6) is 0 Å². The van der Waals surface area contributed by atoms with E-state index in [1.807, 2.05) is 0 Å². The van der Waals surface area contributed by atoms with E-state index < -0.39 is 0 Å². The summed E-state index contributed by atoms with van der Waals surface area (Å²) >= 11 is 0. The molecule has 3 nitrogen and oxygen atoms in total. The van der Waals surface area contributed by atoms with E-state index in [-0.39, 0.29) is 0 Å². The molecule has 2 aliphatic heterocycles. The fourth-order valence-electron chi connectivity index (χ4n) is 3.04. The molecule has 2 rings (SSSR count). The molecule has 0 aromatic carbocycles. The normalized spacial score (nSPS) is 33.4. The monoisotopic (exact) mass is 240 g/mol. The largest absolute Gasteiger partial charge is 0.372 e. The van der Waals surface area contributed by atoms with Crippen LogP contribution >= 0.6 is 0 Å². The zero-order chi connectivity index (χ0) is 12.3. The minimum atomic E-state index is 0.454. The quantitative estimate of drug-likeness (QED) is 0.794. The van der Waals surface area contributed by atoms with Crippen LogP contribution in [0.15, 0.2) is 0 Å². The fourth-order valence-corrected chi connectivity index (χ4v) is 3.04. The highest BCUT2D eigenvalue weighted by atomic mass is 16.5.